The third kappa shape index (κ3) is 3.19. The molecule has 6 nitrogen and oxygen atoms in total. The van der Waals surface area contributed by atoms with Gasteiger partial charge in [-0.25, -0.2) is 9.97 Å². The van der Waals surface area contributed by atoms with Crippen LogP contribution in [0.2, 0.25) is 0 Å². The third-order valence-electron chi connectivity index (χ3n) is 5.43. The SMILES string of the molecule is C[C@@H]1C[C@@H](Nc2cc(N[C@@H]3CCc4ccccc43)ncn2)[C@H](O)[C@@H]1O. The van der Waals surface area contributed by atoms with Crippen molar-refractivity contribution in [3.8, 4) is 0 Å². The minimum Gasteiger partial charge on any atom is -0.390 e. The summed E-state index contributed by atoms with van der Waals surface area (Å²) in [5.41, 5.74) is 2.73. The molecule has 0 aliphatic heterocycles. The highest BCUT2D eigenvalue weighted by molar-refractivity contribution is 5.50. The molecule has 5 atom stereocenters. The highest BCUT2D eigenvalue weighted by atomic mass is 16.3. The molecule has 2 aliphatic carbocycles. The van der Waals surface area contributed by atoms with Gasteiger partial charge < -0.3 is 20.8 Å². The van der Waals surface area contributed by atoms with E-state index in [2.05, 4.69) is 44.9 Å². The number of aryl methyl sites for hydroxylation is 1. The van der Waals surface area contributed by atoms with Gasteiger partial charge in [-0.15, -0.1) is 0 Å². The summed E-state index contributed by atoms with van der Waals surface area (Å²) in [6.45, 7) is 1.94. The van der Waals surface area contributed by atoms with E-state index in [4.69, 9.17) is 0 Å². The molecule has 0 radical (unpaired) electrons. The average molecular weight is 340 g/mol. The van der Waals surface area contributed by atoms with E-state index >= 15 is 0 Å². The van der Waals surface area contributed by atoms with E-state index in [-0.39, 0.29) is 18.0 Å². The van der Waals surface area contributed by atoms with Gasteiger partial charge in [0.05, 0.1) is 18.2 Å². The molecule has 0 bridgehead atoms. The van der Waals surface area contributed by atoms with Crippen LogP contribution in [0.5, 0.6) is 0 Å². The molecule has 6 heteroatoms. The highest BCUT2D eigenvalue weighted by Crippen LogP contribution is 2.33. The number of aromatic nitrogens is 2. The zero-order valence-electron chi connectivity index (χ0n) is 14.3. The summed E-state index contributed by atoms with van der Waals surface area (Å²) in [7, 11) is 0. The highest BCUT2D eigenvalue weighted by Gasteiger charge is 2.39. The van der Waals surface area contributed by atoms with Crippen molar-refractivity contribution in [1.29, 1.82) is 0 Å². The molecule has 0 saturated heterocycles. The van der Waals surface area contributed by atoms with Crippen LogP contribution < -0.4 is 10.6 Å². The Morgan fingerprint density at radius 3 is 2.56 bits per heavy atom. The van der Waals surface area contributed by atoms with Gasteiger partial charge in [-0.1, -0.05) is 31.2 Å². The second kappa shape index (κ2) is 6.61. The predicted octanol–water partition coefficient (Wildman–Crippen LogP) is 2.12. The van der Waals surface area contributed by atoms with Gasteiger partial charge in [0.25, 0.3) is 0 Å². The lowest BCUT2D eigenvalue weighted by Crippen LogP contribution is -2.35. The Morgan fingerprint density at radius 2 is 1.80 bits per heavy atom. The molecule has 0 unspecified atom stereocenters. The van der Waals surface area contributed by atoms with Crippen LogP contribution in [0.1, 0.15) is 36.9 Å². The number of nitrogens with one attached hydrogen (secondary N) is 2. The van der Waals surface area contributed by atoms with Gasteiger partial charge in [0.2, 0.25) is 0 Å². The van der Waals surface area contributed by atoms with Gasteiger partial charge in [0.1, 0.15) is 24.1 Å². The molecule has 1 aromatic carbocycles. The molecule has 2 aromatic rings. The maximum atomic E-state index is 10.1. The van der Waals surface area contributed by atoms with Crippen LogP contribution >= 0.6 is 0 Å². The molecule has 1 saturated carbocycles. The zero-order valence-corrected chi connectivity index (χ0v) is 14.3. The minimum atomic E-state index is -0.775. The number of anilines is 2. The first-order valence-electron chi connectivity index (χ1n) is 8.91. The fourth-order valence-electron chi connectivity index (χ4n) is 3.99. The Hall–Kier alpha value is -2.18. The first-order chi connectivity index (χ1) is 12.1. The summed E-state index contributed by atoms with van der Waals surface area (Å²) in [6.07, 6.45) is 2.90. The van der Waals surface area contributed by atoms with Crippen molar-refractivity contribution in [3.05, 3.63) is 47.8 Å². The maximum Gasteiger partial charge on any atom is 0.131 e. The van der Waals surface area contributed by atoms with Gasteiger partial charge in [0, 0.05) is 6.07 Å². The Balaban J connectivity index is 1.46. The first kappa shape index (κ1) is 16.3. The van der Waals surface area contributed by atoms with E-state index in [1.807, 2.05) is 13.0 Å². The third-order valence-corrected chi connectivity index (χ3v) is 5.43. The summed E-state index contributed by atoms with van der Waals surface area (Å²) < 4.78 is 0. The van der Waals surface area contributed by atoms with E-state index in [0.717, 1.165) is 18.7 Å². The second-order valence-corrected chi connectivity index (χ2v) is 7.17. The lowest BCUT2D eigenvalue weighted by molar-refractivity contribution is 0.0210. The first-order valence-corrected chi connectivity index (χ1v) is 8.91. The Morgan fingerprint density at radius 1 is 1.04 bits per heavy atom. The Labute approximate surface area is 147 Å². The molecule has 25 heavy (non-hydrogen) atoms. The smallest absolute Gasteiger partial charge is 0.131 e. The molecule has 1 fully saturated rings. The van der Waals surface area contributed by atoms with Gasteiger partial charge in [0.15, 0.2) is 0 Å². The molecule has 0 spiro atoms. The van der Waals surface area contributed by atoms with Crippen LogP contribution in [0.15, 0.2) is 36.7 Å². The predicted molar refractivity (Wildman–Crippen MR) is 96.4 cm³/mol. The molecule has 1 aromatic heterocycles. The zero-order chi connectivity index (χ0) is 17.4. The van der Waals surface area contributed by atoms with E-state index in [1.54, 1.807) is 0 Å². The van der Waals surface area contributed by atoms with E-state index in [1.165, 1.54) is 17.5 Å². The van der Waals surface area contributed by atoms with Gasteiger partial charge >= 0.3 is 0 Å². The van der Waals surface area contributed by atoms with Crippen LogP contribution in [0, 0.1) is 5.92 Å². The number of aliphatic hydroxyl groups is 2. The van der Waals surface area contributed by atoms with Crippen molar-refractivity contribution in [3.63, 3.8) is 0 Å². The molecule has 1 heterocycles. The van der Waals surface area contributed by atoms with Crippen molar-refractivity contribution in [1.82, 2.24) is 9.97 Å². The van der Waals surface area contributed by atoms with Gasteiger partial charge in [-0.3, -0.25) is 0 Å². The molecular formula is C19H24N4O2. The van der Waals surface area contributed by atoms with Gasteiger partial charge in [-0.2, -0.15) is 0 Å². The number of fused-ring (bicyclic) bond motifs is 1. The van der Waals surface area contributed by atoms with Crippen LogP contribution in [-0.2, 0) is 6.42 Å². The fraction of sp³-hybridized carbons (Fsp3) is 0.474. The number of rotatable bonds is 4. The maximum absolute atomic E-state index is 10.1. The van der Waals surface area contributed by atoms with Crippen molar-refractivity contribution in [2.45, 2.75) is 50.5 Å². The summed E-state index contributed by atoms with van der Waals surface area (Å²) in [4.78, 5) is 8.58. The number of hydrogen-bond acceptors (Lipinski definition) is 6. The standard InChI is InChI=1S/C19H24N4O2/c1-11-8-15(19(25)18(11)24)23-17-9-16(20-10-21-17)22-14-7-6-12-4-2-3-5-13(12)14/h2-5,9-11,14-15,18-19,24-25H,6-8H2,1H3,(H2,20,21,22,23)/t11-,14-,15-,18-,19+/m1/s1. The Bertz CT molecular complexity index is 754. The van der Waals surface area contributed by atoms with E-state index in [0.29, 0.717) is 12.2 Å². The summed E-state index contributed by atoms with van der Waals surface area (Å²) in [6, 6.07) is 10.4. The minimum absolute atomic E-state index is 0.0712. The Kier molecular flexibility index (Phi) is 4.31. The molecule has 4 N–H and O–H groups in total. The molecule has 2 aliphatic rings. The largest absolute Gasteiger partial charge is 0.390 e. The lowest BCUT2D eigenvalue weighted by Gasteiger charge is -2.19. The fourth-order valence-corrected chi connectivity index (χ4v) is 3.99. The monoisotopic (exact) mass is 340 g/mol. The van der Waals surface area contributed by atoms with Crippen molar-refractivity contribution < 1.29 is 10.2 Å². The molecule has 4 rings (SSSR count). The van der Waals surface area contributed by atoms with Crippen molar-refractivity contribution >= 4 is 11.6 Å². The summed E-state index contributed by atoms with van der Waals surface area (Å²) in [5, 5.41) is 26.8. The molecular weight excluding hydrogens is 316 g/mol. The van der Waals surface area contributed by atoms with Crippen LogP contribution in [0.3, 0.4) is 0 Å². The second-order valence-electron chi connectivity index (χ2n) is 7.17. The molecule has 132 valence electrons. The van der Waals surface area contributed by atoms with E-state index < -0.39 is 12.2 Å². The summed E-state index contributed by atoms with van der Waals surface area (Å²) >= 11 is 0. The number of nitrogens with zero attached hydrogens (tertiary/aromatic N) is 2. The van der Waals surface area contributed by atoms with Crippen LogP contribution in [0.25, 0.3) is 0 Å². The number of benzene rings is 1. The molecule has 0 amide bonds. The summed E-state index contributed by atoms with van der Waals surface area (Å²) in [5.74, 6) is 1.50. The van der Waals surface area contributed by atoms with Crippen LogP contribution in [-0.4, -0.2) is 38.4 Å². The average Bonchev–Trinajstić information content (AvgIpc) is 3.13. The van der Waals surface area contributed by atoms with Crippen molar-refractivity contribution in [2.75, 3.05) is 10.6 Å². The van der Waals surface area contributed by atoms with E-state index in [9.17, 15) is 10.2 Å². The number of aliphatic hydroxyl groups excluding tert-OH is 2. The van der Waals surface area contributed by atoms with Gasteiger partial charge in [-0.05, 0) is 36.3 Å². The number of hydrogen-bond donors (Lipinski definition) is 4. The quantitative estimate of drug-likeness (QED) is 0.682. The lowest BCUT2D eigenvalue weighted by atomic mass is 10.1. The van der Waals surface area contributed by atoms with Crippen molar-refractivity contribution in [2.24, 2.45) is 5.92 Å². The van der Waals surface area contributed by atoms with Crippen LogP contribution in [0.4, 0.5) is 11.6 Å². The topological polar surface area (TPSA) is 90.3 Å². The normalized spacial score (nSPS) is 30.9.